The van der Waals surface area contributed by atoms with Crippen molar-refractivity contribution in [2.24, 2.45) is 0 Å². The lowest BCUT2D eigenvalue weighted by molar-refractivity contribution is 0.0979. The van der Waals surface area contributed by atoms with E-state index in [1.165, 1.54) is 16.9 Å². The van der Waals surface area contributed by atoms with E-state index in [0.29, 0.717) is 33.0 Å². The molecule has 0 bridgehead atoms. The molecule has 9 heteroatoms. The summed E-state index contributed by atoms with van der Waals surface area (Å²) in [5.74, 6) is -0.673. The molecule has 162 valence electrons. The number of hydrogen-bond acceptors (Lipinski definition) is 4. The van der Waals surface area contributed by atoms with Gasteiger partial charge in [-0.05, 0) is 72.2 Å². The minimum absolute atomic E-state index is 0.143. The van der Waals surface area contributed by atoms with Crippen LogP contribution in [0.4, 0.5) is 10.1 Å². The summed E-state index contributed by atoms with van der Waals surface area (Å²) < 4.78 is 13.2. The second-order valence-corrected chi connectivity index (χ2v) is 8.03. The lowest BCUT2D eigenvalue weighted by atomic mass is 10.0. The van der Waals surface area contributed by atoms with Gasteiger partial charge >= 0.3 is 0 Å². The molecule has 0 aliphatic carbocycles. The second kappa shape index (κ2) is 8.57. The first-order valence-electron chi connectivity index (χ1n) is 9.90. The highest BCUT2D eigenvalue weighted by Gasteiger charge is 2.13. The first kappa shape index (κ1) is 21.0. The van der Waals surface area contributed by atoms with Crippen LogP contribution in [-0.4, -0.2) is 26.0 Å². The molecule has 0 aliphatic heterocycles. The number of rotatable bonds is 3. The smallest absolute Gasteiger partial charge is 0.258 e. The summed E-state index contributed by atoms with van der Waals surface area (Å²) in [5.41, 5.74) is 3.02. The van der Waals surface area contributed by atoms with Crippen molar-refractivity contribution in [1.29, 1.82) is 0 Å². The monoisotopic (exact) mass is 475 g/mol. The molecule has 0 fully saturated rings. The summed E-state index contributed by atoms with van der Waals surface area (Å²) >= 11 is 11.6. The Labute approximate surface area is 198 Å². The summed E-state index contributed by atoms with van der Waals surface area (Å²) in [6.45, 7) is 0. The fourth-order valence-electron chi connectivity index (χ4n) is 3.48. The Bertz CT molecular complexity index is 1530. The summed E-state index contributed by atoms with van der Waals surface area (Å²) in [4.78, 5) is 14.3. The molecule has 1 aromatic heterocycles. The molecule has 0 unspecified atom stereocenters. The normalized spacial score (nSPS) is 11.0. The van der Waals surface area contributed by atoms with Gasteiger partial charge in [0.2, 0.25) is 0 Å². The first-order chi connectivity index (χ1) is 16.0. The number of aromatic nitrogens is 3. The van der Waals surface area contributed by atoms with Crippen molar-refractivity contribution in [3.63, 3.8) is 0 Å². The van der Waals surface area contributed by atoms with Crippen LogP contribution in [0.25, 0.3) is 27.5 Å². The Kier molecular flexibility index (Phi) is 5.45. The van der Waals surface area contributed by atoms with Crippen molar-refractivity contribution in [2.45, 2.75) is 0 Å². The molecule has 6 nitrogen and oxygen atoms in total. The van der Waals surface area contributed by atoms with Crippen molar-refractivity contribution < 1.29 is 9.18 Å². The third-order valence-corrected chi connectivity index (χ3v) is 5.57. The van der Waals surface area contributed by atoms with E-state index < -0.39 is 0 Å². The Morgan fingerprint density at radius 1 is 0.909 bits per heavy atom. The maximum absolute atomic E-state index is 13.2. The fourth-order valence-corrected chi connectivity index (χ4v) is 3.93. The number of carbonyl (C=O) groups excluding carboxylic acids is 1. The van der Waals surface area contributed by atoms with Crippen LogP contribution < -0.4 is 10.6 Å². The zero-order valence-corrected chi connectivity index (χ0v) is 18.5. The number of nitrogens with zero attached hydrogens (tertiary/aromatic N) is 3. The standard InChI is InChI=1S/C24H15ClFN5OS/c25-20-6-2-3-17-18(20)4-1-5-19(17)23(32)28-24(33)27-15-9-12-21-22(13-15)30-31(29-21)16-10-7-14(26)8-11-16/h1-13H,(H2,27,28,32,33). The van der Waals surface area contributed by atoms with Gasteiger partial charge in [0.15, 0.2) is 5.11 Å². The molecule has 4 aromatic carbocycles. The van der Waals surface area contributed by atoms with E-state index in [-0.39, 0.29) is 16.8 Å². The van der Waals surface area contributed by atoms with Crippen LogP contribution in [0.2, 0.25) is 5.02 Å². The third-order valence-electron chi connectivity index (χ3n) is 5.04. The molecule has 33 heavy (non-hydrogen) atoms. The Hall–Kier alpha value is -3.88. The molecule has 1 amide bonds. The van der Waals surface area contributed by atoms with Crippen LogP contribution in [0.1, 0.15) is 10.4 Å². The summed E-state index contributed by atoms with van der Waals surface area (Å²) in [6.07, 6.45) is 0. The van der Waals surface area contributed by atoms with E-state index in [1.807, 2.05) is 12.1 Å². The highest BCUT2D eigenvalue weighted by Crippen LogP contribution is 2.26. The molecule has 2 N–H and O–H groups in total. The van der Waals surface area contributed by atoms with E-state index in [9.17, 15) is 9.18 Å². The first-order valence-corrected chi connectivity index (χ1v) is 10.7. The molecule has 0 saturated heterocycles. The van der Waals surface area contributed by atoms with Gasteiger partial charge in [0.1, 0.15) is 16.9 Å². The van der Waals surface area contributed by atoms with E-state index in [1.54, 1.807) is 54.6 Å². The molecule has 1 heterocycles. The zero-order valence-electron chi connectivity index (χ0n) is 16.9. The number of thiocarbonyl (C=S) groups is 1. The van der Waals surface area contributed by atoms with Crippen molar-refractivity contribution in [3.05, 3.63) is 95.3 Å². The van der Waals surface area contributed by atoms with Gasteiger partial charge in [-0.15, -0.1) is 10.2 Å². The van der Waals surface area contributed by atoms with Crippen LogP contribution >= 0.6 is 23.8 Å². The molecule has 0 atom stereocenters. The molecule has 0 saturated carbocycles. The van der Waals surface area contributed by atoms with Crippen molar-refractivity contribution in [3.8, 4) is 5.69 Å². The average molecular weight is 476 g/mol. The number of carbonyl (C=O) groups is 1. The SMILES string of the molecule is O=C(NC(=S)Nc1ccc2nn(-c3ccc(F)cc3)nc2c1)c1cccc2c(Cl)cccc12. The molecule has 0 aliphatic rings. The van der Waals surface area contributed by atoms with Gasteiger partial charge in [0.25, 0.3) is 5.91 Å². The molecular formula is C24H15ClFN5OS. The van der Waals surface area contributed by atoms with Crippen LogP contribution in [-0.2, 0) is 0 Å². The predicted molar refractivity (Wildman–Crippen MR) is 131 cm³/mol. The molecule has 5 rings (SSSR count). The zero-order chi connectivity index (χ0) is 22.9. The maximum atomic E-state index is 13.2. The number of fused-ring (bicyclic) bond motifs is 2. The number of halogens is 2. The van der Waals surface area contributed by atoms with E-state index >= 15 is 0 Å². The predicted octanol–water partition coefficient (Wildman–Crippen LogP) is 5.49. The van der Waals surface area contributed by atoms with Gasteiger partial charge < -0.3 is 5.32 Å². The quantitative estimate of drug-likeness (QED) is 0.337. The number of benzene rings is 4. The molecule has 0 spiro atoms. The minimum Gasteiger partial charge on any atom is -0.332 e. The third kappa shape index (κ3) is 4.26. The number of nitrogens with one attached hydrogen (secondary N) is 2. The van der Waals surface area contributed by atoms with Crippen LogP contribution in [0.15, 0.2) is 78.9 Å². The van der Waals surface area contributed by atoms with Gasteiger partial charge in [0.05, 0.1) is 5.69 Å². The number of anilines is 1. The van der Waals surface area contributed by atoms with Crippen molar-refractivity contribution >= 4 is 62.3 Å². The second-order valence-electron chi connectivity index (χ2n) is 7.22. The molecule has 5 aromatic rings. The van der Waals surface area contributed by atoms with Gasteiger partial charge in [-0.3, -0.25) is 10.1 Å². The summed E-state index contributed by atoms with van der Waals surface area (Å²) in [5, 5.41) is 16.8. The Balaban J connectivity index is 1.33. The van der Waals surface area contributed by atoms with Crippen LogP contribution in [0.3, 0.4) is 0 Å². The highest BCUT2D eigenvalue weighted by molar-refractivity contribution is 7.80. The topological polar surface area (TPSA) is 71.8 Å². The van der Waals surface area contributed by atoms with Gasteiger partial charge in [-0.25, -0.2) is 4.39 Å². The Morgan fingerprint density at radius 2 is 1.64 bits per heavy atom. The number of amides is 1. The van der Waals surface area contributed by atoms with Gasteiger partial charge in [0, 0.05) is 21.7 Å². The van der Waals surface area contributed by atoms with Crippen molar-refractivity contribution in [1.82, 2.24) is 20.3 Å². The highest BCUT2D eigenvalue weighted by atomic mass is 35.5. The molecule has 0 radical (unpaired) electrons. The lowest BCUT2D eigenvalue weighted by Gasteiger charge is -2.11. The maximum Gasteiger partial charge on any atom is 0.258 e. The fraction of sp³-hybridized carbons (Fsp3) is 0. The lowest BCUT2D eigenvalue weighted by Crippen LogP contribution is -2.34. The minimum atomic E-state index is -0.344. The Morgan fingerprint density at radius 3 is 2.45 bits per heavy atom. The van der Waals surface area contributed by atoms with Crippen molar-refractivity contribution in [2.75, 3.05) is 5.32 Å². The average Bonchev–Trinajstić information content (AvgIpc) is 3.23. The van der Waals surface area contributed by atoms with E-state index in [4.69, 9.17) is 23.8 Å². The van der Waals surface area contributed by atoms with Crippen LogP contribution in [0.5, 0.6) is 0 Å². The van der Waals surface area contributed by atoms with E-state index in [2.05, 4.69) is 20.8 Å². The van der Waals surface area contributed by atoms with Gasteiger partial charge in [-0.1, -0.05) is 35.9 Å². The largest absolute Gasteiger partial charge is 0.332 e. The number of hydrogen-bond donors (Lipinski definition) is 2. The summed E-state index contributed by atoms with van der Waals surface area (Å²) in [6, 6.07) is 22.0. The van der Waals surface area contributed by atoms with E-state index in [0.717, 1.165) is 10.8 Å². The van der Waals surface area contributed by atoms with Crippen LogP contribution in [0, 0.1) is 5.82 Å². The molecular weight excluding hydrogens is 461 g/mol. The summed E-state index contributed by atoms with van der Waals surface area (Å²) in [7, 11) is 0. The van der Waals surface area contributed by atoms with Gasteiger partial charge in [-0.2, -0.15) is 4.80 Å².